The zero-order valence-corrected chi connectivity index (χ0v) is 15.1. The van der Waals surface area contributed by atoms with E-state index in [0.717, 1.165) is 25.7 Å². The summed E-state index contributed by atoms with van der Waals surface area (Å²) in [5, 5.41) is 13.7. The first-order valence-corrected chi connectivity index (χ1v) is 10.3. The molecule has 1 atom stereocenters. The van der Waals surface area contributed by atoms with Crippen molar-refractivity contribution in [1.29, 1.82) is 0 Å². The SMILES string of the molecule is O=C(O)C1CCN(S(=O)(=O)c2cnn(C3CCCC3)c2)c2ccccc21. The fraction of sp³-hybridized carbons (Fsp3) is 0.444. The van der Waals surface area contributed by atoms with E-state index in [1.165, 1.54) is 10.5 Å². The highest BCUT2D eigenvalue weighted by atomic mass is 32.2. The summed E-state index contributed by atoms with van der Waals surface area (Å²) in [6.07, 6.45) is 7.59. The number of carboxylic acids is 1. The van der Waals surface area contributed by atoms with Crippen LogP contribution in [-0.2, 0) is 14.8 Å². The number of aliphatic carboxylic acids is 1. The zero-order valence-electron chi connectivity index (χ0n) is 14.3. The van der Waals surface area contributed by atoms with Gasteiger partial charge in [0.1, 0.15) is 4.90 Å². The monoisotopic (exact) mass is 375 g/mol. The number of fused-ring (bicyclic) bond motifs is 1. The highest BCUT2D eigenvalue weighted by Gasteiger charge is 2.36. The quantitative estimate of drug-likeness (QED) is 0.887. The molecule has 0 saturated heterocycles. The van der Waals surface area contributed by atoms with Gasteiger partial charge in [-0.05, 0) is 30.9 Å². The molecule has 7 nitrogen and oxygen atoms in total. The predicted octanol–water partition coefficient (Wildman–Crippen LogP) is 2.77. The minimum absolute atomic E-state index is 0.144. The summed E-state index contributed by atoms with van der Waals surface area (Å²) in [6, 6.07) is 7.10. The van der Waals surface area contributed by atoms with Crippen molar-refractivity contribution in [3.05, 3.63) is 42.2 Å². The topological polar surface area (TPSA) is 92.5 Å². The zero-order chi connectivity index (χ0) is 18.3. The van der Waals surface area contributed by atoms with Crippen molar-refractivity contribution in [1.82, 2.24) is 9.78 Å². The average molecular weight is 375 g/mol. The molecule has 2 aliphatic rings. The molecule has 4 rings (SSSR count). The number of para-hydroxylation sites is 1. The summed E-state index contributed by atoms with van der Waals surface area (Å²) in [6.45, 7) is 0.144. The van der Waals surface area contributed by atoms with E-state index in [1.54, 1.807) is 35.1 Å². The molecule has 1 aliphatic heterocycles. The largest absolute Gasteiger partial charge is 0.481 e. The summed E-state index contributed by atoms with van der Waals surface area (Å²) in [5.41, 5.74) is 0.984. The molecule has 1 aromatic carbocycles. The Bertz CT molecular complexity index is 931. The van der Waals surface area contributed by atoms with Gasteiger partial charge in [-0.2, -0.15) is 5.10 Å². The molecule has 1 aliphatic carbocycles. The van der Waals surface area contributed by atoms with Crippen molar-refractivity contribution in [2.45, 2.75) is 49.0 Å². The molecule has 1 N–H and O–H groups in total. The second-order valence-corrected chi connectivity index (χ2v) is 8.77. The number of hydrogen-bond acceptors (Lipinski definition) is 4. The van der Waals surface area contributed by atoms with Crippen molar-refractivity contribution in [3.8, 4) is 0 Å². The van der Waals surface area contributed by atoms with E-state index in [0.29, 0.717) is 11.3 Å². The summed E-state index contributed by atoms with van der Waals surface area (Å²) >= 11 is 0. The van der Waals surface area contributed by atoms with Gasteiger partial charge < -0.3 is 5.11 Å². The fourth-order valence-electron chi connectivity index (χ4n) is 3.99. The number of anilines is 1. The van der Waals surface area contributed by atoms with Crippen LogP contribution in [0, 0.1) is 0 Å². The number of benzene rings is 1. The molecule has 2 aromatic rings. The molecule has 0 spiro atoms. The third kappa shape index (κ3) is 2.78. The second-order valence-electron chi connectivity index (χ2n) is 6.91. The average Bonchev–Trinajstić information content (AvgIpc) is 3.31. The Morgan fingerprint density at radius 1 is 1.15 bits per heavy atom. The van der Waals surface area contributed by atoms with Crippen LogP contribution in [0.15, 0.2) is 41.6 Å². The van der Waals surface area contributed by atoms with Crippen LogP contribution < -0.4 is 4.31 Å². The van der Waals surface area contributed by atoms with Crippen LogP contribution >= 0.6 is 0 Å². The Labute approximate surface area is 152 Å². The Morgan fingerprint density at radius 3 is 2.62 bits per heavy atom. The highest BCUT2D eigenvalue weighted by Crippen LogP contribution is 2.38. The van der Waals surface area contributed by atoms with Crippen LogP contribution in [0.3, 0.4) is 0 Å². The Morgan fingerprint density at radius 2 is 1.88 bits per heavy atom. The van der Waals surface area contributed by atoms with Crippen LogP contribution in [0.25, 0.3) is 0 Å². The van der Waals surface area contributed by atoms with Gasteiger partial charge in [-0.3, -0.25) is 13.8 Å². The van der Waals surface area contributed by atoms with Crippen LogP contribution in [0.1, 0.15) is 49.6 Å². The lowest BCUT2D eigenvalue weighted by Crippen LogP contribution is -2.38. The summed E-state index contributed by atoms with van der Waals surface area (Å²) in [4.78, 5) is 11.7. The first kappa shape index (κ1) is 17.1. The molecule has 0 radical (unpaired) electrons. The van der Waals surface area contributed by atoms with Crippen LogP contribution in [0.4, 0.5) is 5.69 Å². The normalized spacial score (nSPS) is 20.9. The van der Waals surface area contributed by atoms with Gasteiger partial charge in [0, 0.05) is 12.7 Å². The van der Waals surface area contributed by atoms with Gasteiger partial charge in [0.05, 0.1) is 23.8 Å². The summed E-state index contributed by atoms with van der Waals surface area (Å²) in [5.74, 6) is -1.61. The van der Waals surface area contributed by atoms with Gasteiger partial charge in [0.15, 0.2) is 0 Å². The number of aromatic nitrogens is 2. The maximum Gasteiger partial charge on any atom is 0.311 e. The van der Waals surface area contributed by atoms with E-state index in [4.69, 9.17) is 0 Å². The van der Waals surface area contributed by atoms with E-state index in [2.05, 4.69) is 5.10 Å². The van der Waals surface area contributed by atoms with Gasteiger partial charge >= 0.3 is 5.97 Å². The Balaban J connectivity index is 1.70. The number of carboxylic acid groups (broad SMARTS) is 1. The lowest BCUT2D eigenvalue weighted by atomic mass is 9.91. The van der Waals surface area contributed by atoms with Crippen LogP contribution in [-0.4, -0.2) is 35.8 Å². The Hall–Kier alpha value is -2.35. The van der Waals surface area contributed by atoms with Crippen molar-refractivity contribution in [2.75, 3.05) is 10.8 Å². The van der Waals surface area contributed by atoms with E-state index in [1.807, 2.05) is 0 Å². The standard InChI is InChI=1S/C18H21N3O4S/c22-18(23)16-9-10-21(17-8-4-3-7-15(16)17)26(24,25)14-11-19-20(12-14)13-5-1-2-6-13/h3-4,7-8,11-13,16H,1-2,5-6,9-10H2,(H,22,23). The first-order chi connectivity index (χ1) is 12.5. The Kier molecular flexibility index (Phi) is 4.22. The summed E-state index contributed by atoms with van der Waals surface area (Å²) in [7, 11) is -3.78. The molecule has 0 amide bonds. The van der Waals surface area contributed by atoms with E-state index in [9.17, 15) is 18.3 Å². The third-order valence-corrected chi connectivity index (χ3v) is 7.13. The maximum atomic E-state index is 13.2. The van der Waals surface area contributed by atoms with Gasteiger partial charge in [-0.25, -0.2) is 8.42 Å². The second kappa shape index (κ2) is 6.42. The van der Waals surface area contributed by atoms with Crippen molar-refractivity contribution < 1.29 is 18.3 Å². The molecular weight excluding hydrogens is 354 g/mol. The predicted molar refractivity (Wildman–Crippen MR) is 95.7 cm³/mol. The number of hydrogen-bond donors (Lipinski definition) is 1. The molecule has 8 heteroatoms. The van der Waals surface area contributed by atoms with Crippen molar-refractivity contribution in [2.24, 2.45) is 0 Å². The van der Waals surface area contributed by atoms with E-state index < -0.39 is 21.9 Å². The summed E-state index contributed by atoms with van der Waals surface area (Å²) < 4.78 is 29.4. The molecule has 0 bridgehead atoms. The van der Waals surface area contributed by atoms with E-state index >= 15 is 0 Å². The molecule has 1 saturated carbocycles. The number of nitrogens with zero attached hydrogens (tertiary/aromatic N) is 3. The lowest BCUT2D eigenvalue weighted by Gasteiger charge is -2.33. The highest BCUT2D eigenvalue weighted by molar-refractivity contribution is 7.92. The minimum Gasteiger partial charge on any atom is -0.481 e. The molecule has 138 valence electrons. The van der Waals surface area contributed by atoms with E-state index in [-0.39, 0.29) is 23.9 Å². The number of sulfonamides is 1. The van der Waals surface area contributed by atoms with Gasteiger partial charge in [-0.15, -0.1) is 0 Å². The first-order valence-electron chi connectivity index (χ1n) is 8.87. The smallest absolute Gasteiger partial charge is 0.311 e. The molecule has 26 heavy (non-hydrogen) atoms. The molecule has 2 heterocycles. The lowest BCUT2D eigenvalue weighted by molar-refractivity contribution is -0.139. The molecule has 1 aromatic heterocycles. The minimum atomic E-state index is -3.78. The van der Waals surface area contributed by atoms with Crippen molar-refractivity contribution >= 4 is 21.7 Å². The van der Waals surface area contributed by atoms with Gasteiger partial charge in [0.2, 0.25) is 0 Å². The third-order valence-electron chi connectivity index (χ3n) is 5.36. The molecule has 1 fully saturated rings. The fourth-order valence-corrected chi connectivity index (χ4v) is 5.43. The number of carbonyl (C=O) groups is 1. The van der Waals surface area contributed by atoms with Crippen LogP contribution in [0.2, 0.25) is 0 Å². The van der Waals surface area contributed by atoms with Gasteiger partial charge in [0.25, 0.3) is 10.0 Å². The molecular formula is C18H21N3O4S. The molecule has 1 unspecified atom stereocenters. The number of rotatable bonds is 4. The van der Waals surface area contributed by atoms with Crippen LogP contribution in [0.5, 0.6) is 0 Å². The van der Waals surface area contributed by atoms with Crippen molar-refractivity contribution in [3.63, 3.8) is 0 Å². The van der Waals surface area contributed by atoms with Gasteiger partial charge in [-0.1, -0.05) is 31.0 Å². The maximum absolute atomic E-state index is 13.2.